The van der Waals surface area contributed by atoms with Crippen LogP contribution in [0.4, 0.5) is 11.4 Å². The smallest absolute Gasteiger partial charge is 0.0979 e. The molecule has 170 valence electrons. The summed E-state index contributed by atoms with van der Waals surface area (Å²) in [5.41, 5.74) is 11.0. The number of hydrogen-bond acceptors (Lipinski definition) is 2. The number of nitrogens with zero attached hydrogens (tertiary/aromatic N) is 2. The third kappa shape index (κ3) is 4.44. The van der Waals surface area contributed by atoms with Crippen molar-refractivity contribution < 1.29 is 20.4 Å². The Morgan fingerprint density at radius 1 is 0.515 bits per heavy atom. The second kappa shape index (κ2) is 10.3. The molecule has 0 atom stereocenters. The Balaban J connectivity index is 0.00000128. The molecule has 4 aromatic carbocycles. The first-order valence-electron chi connectivity index (χ1n) is 10.4. The molecule has 0 aromatic heterocycles. The van der Waals surface area contributed by atoms with Gasteiger partial charge in [0.2, 0.25) is 0 Å². The van der Waals surface area contributed by atoms with Crippen LogP contribution in [0.3, 0.4) is 0 Å². The maximum absolute atomic E-state index is 5.22. The van der Waals surface area contributed by atoms with Crippen molar-refractivity contribution >= 4 is 33.6 Å². The van der Waals surface area contributed by atoms with Gasteiger partial charge in [-0.2, -0.15) is 0 Å². The molecule has 0 N–H and O–H groups in total. The van der Waals surface area contributed by atoms with Crippen LogP contribution in [0.5, 0.6) is 0 Å². The second-order valence-electron chi connectivity index (χ2n) is 8.11. The molecular formula is C30H30N2Pd. The van der Waals surface area contributed by atoms with Crippen LogP contribution < -0.4 is 0 Å². The molecule has 0 aliphatic heterocycles. The van der Waals surface area contributed by atoms with E-state index in [4.69, 9.17) is 9.98 Å². The molecule has 0 saturated heterocycles. The molecule has 1 aliphatic rings. The fraction of sp³-hybridized carbons (Fsp3) is 0.133. The molecule has 0 amide bonds. The number of aryl methyl sites for hydroxylation is 4. The molecule has 0 saturated carbocycles. The minimum absolute atomic E-state index is 0. The van der Waals surface area contributed by atoms with Crippen molar-refractivity contribution in [3.8, 4) is 0 Å². The van der Waals surface area contributed by atoms with Crippen LogP contribution in [0.1, 0.15) is 33.4 Å². The summed E-state index contributed by atoms with van der Waals surface area (Å²) in [5, 5.41) is 2.47. The number of rotatable bonds is 2. The molecular weight excluding hydrogens is 495 g/mol. The normalized spacial score (nSPS) is 14.1. The monoisotopic (exact) mass is 524 g/mol. The van der Waals surface area contributed by atoms with Gasteiger partial charge < -0.3 is 7.43 Å². The van der Waals surface area contributed by atoms with Crippen LogP contribution in [0.25, 0.3) is 10.8 Å². The Morgan fingerprint density at radius 2 is 0.848 bits per heavy atom. The van der Waals surface area contributed by atoms with Crippen molar-refractivity contribution in [1.82, 2.24) is 0 Å². The average molecular weight is 525 g/mol. The quantitative estimate of drug-likeness (QED) is 0.186. The minimum Gasteiger partial charge on any atom is -0.358 e. The van der Waals surface area contributed by atoms with E-state index in [-0.39, 0.29) is 35.3 Å². The molecule has 0 radical (unpaired) electrons. The van der Waals surface area contributed by atoms with Crippen LogP contribution in [-0.2, 0) is 20.4 Å². The van der Waals surface area contributed by atoms with E-state index in [1.54, 1.807) is 0 Å². The summed E-state index contributed by atoms with van der Waals surface area (Å²) in [6.07, 6.45) is 0. The molecule has 0 unspecified atom stereocenters. The van der Waals surface area contributed by atoms with Crippen molar-refractivity contribution in [3.63, 3.8) is 0 Å². The summed E-state index contributed by atoms with van der Waals surface area (Å²) in [6, 6.07) is 25.6. The summed E-state index contributed by atoms with van der Waals surface area (Å²) in [4.78, 5) is 10.4. The molecule has 33 heavy (non-hydrogen) atoms. The summed E-state index contributed by atoms with van der Waals surface area (Å²) in [6.45, 7) is 8.49. The summed E-state index contributed by atoms with van der Waals surface area (Å²) in [5.74, 6) is 0. The molecule has 3 heteroatoms. The molecule has 2 nitrogen and oxygen atoms in total. The predicted octanol–water partition coefficient (Wildman–Crippen LogP) is 8.23. The van der Waals surface area contributed by atoms with Crippen LogP contribution in [0, 0.1) is 42.5 Å². The number of aliphatic imine (C=N–C) groups is 2. The zero-order valence-electron chi connectivity index (χ0n) is 20.1. The number of hydrogen-bond donors (Lipinski definition) is 0. The zero-order valence-corrected chi connectivity index (χ0v) is 21.7. The van der Waals surface area contributed by atoms with Crippen molar-refractivity contribution in [1.29, 1.82) is 0 Å². The minimum atomic E-state index is 0. The Hall–Kier alpha value is -2.99. The SMILES string of the molecule is Cc1cccc(C)c1N=C1C(=Nc2c(C)cccc2C)c2cccc3cccc1c23.[CH3+].[CH3-].[Pd]. The first kappa shape index (κ1) is 26.3. The Bertz CT molecular complexity index is 1240. The van der Waals surface area contributed by atoms with E-state index in [0.717, 1.165) is 33.9 Å². The predicted molar refractivity (Wildman–Crippen MR) is 141 cm³/mol. The van der Waals surface area contributed by atoms with E-state index >= 15 is 0 Å². The average Bonchev–Trinajstić information content (AvgIpc) is 3.02. The van der Waals surface area contributed by atoms with Crippen molar-refractivity contribution in [2.45, 2.75) is 27.7 Å². The van der Waals surface area contributed by atoms with Gasteiger partial charge in [-0.15, -0.1) is 0 Å². The van der Waals surface area contributed by atoms with Gasteiger partial charge in [0.25, 0.3) is 0 Å². The number of para-hydroxylation sites is 2. The van der Waals surface area contributed by atoms with Gasteiger partial charge in [-0.05, 0) is 55.3 Å². The maximum Gasteiger partial charge on any atom is 0.0979 e. The molecule has 0 bridgehead atoms. The number of benzene rings is 4. The van der Waals surface area contributed by atoms with Crippen LogP contribution in [0.15, 0.2) is 82.8 Å². The van der Waals surface area contributed by atoms with E-state index in [0.29, 0.717) is 0 Å². The van der Waals surface area contributed by atoms with Crippen molar-refractivity contribution in [2.24, 2.45) is 9.98 Å². The summed E-state index contributed by atoms with van der Waals surface area (Å²) < 4.78 is 0. The van der Waals surface area contributed by atoms with Gasteiger partial charge in [0, 0.05) is 44.4 Å². The van der Waals surface area contributed by atoms with E-state index in [9.17, 15) is 0 Å². The Morgan fingerprint density at radius 3 is 1.21 bits per heavy atom. The second-order valence-corrected chi connectivity index (χ2v) is 8.11. The molecule has 0 heterocycles. The van der Waals surface area contributed by atoms with Crippen LogP contribution >= 0.6 is 0 Å². The third-order valence-corrected chi connectivity index (χ3v) is 5.97. The fourth-order valence-electron chi connectivity index (χ4n) is 4.40. The molecule has 5 rings (SSSR count). The van der Waals surface area contributed by atoms with Crippen LogP contribution in [-0.4, -0.2) is 11.4 Å². The first-order chi connectivity index (χ1) is 14.5. The van der Waals surface area contributed by atoms with Gasteiger partial charge in [-0.1, -0.05) is 72.8 Å². The summed E-state index contributed by atoms with van der Waals surface area (Å²) in [7, 11) is 0. The van der Waals surface area contributed by atoms with Crippen LogP contribution in [0.2, 0.25) is 0 Å². The molecule has 1 aliphatic carbocycles. The van der Waals surface area contributed by atoms with E-state index < -0.39 is 0 Å². The Labute approximate surface area is 212 Å². The first-order valence-corrected chi connectivity index (χ1v) is 10.4. The van der Waals surface area contributed by atoms with E-state index in [1.807, 2.05) is 0 Å². The van der Waals surface area contributed by atoms with Gasteiger partial charge in [-0.3, -0.25) is 0 Å². The van der Waals surface area contributed by atoms with Gasteiger partial charge in [0.1, 0.15) is 0 Å². The molecule has 4 aromatic rings. The van der Waals surface area contributed by atoms with E-state index in [1.165, 1.54) is 33.0 Å². The summed E-state index contributed by atoms with van der Waals surface area (Å²) >= 11 is 0. The standard InChI is InChI=1S/C28H24N2.2CH3.Pd/c1-17-9-5-10-18(2)25(17)29-27-22-15-7-13-21-14-8-16-23(24(21)22)28(27)30-26-19(3)11-6-12-20(26)4;;;/h5-16H,1-4H3;2*1H3;/q;-1;+1;. The zero-order chi connectivity index (χ0) is 20.8. The van der Waals surface area contributed by atoms with Gasteiger partial charge in [0.05, 0.1) is 22.8 Å². The van der Waals surface area contributed by atoms with Crippen molar-refractivity contribution in [2.75, 3.05) is 0 Å². The fourth-order valence-corrected chi connectivity index (χ4v) is 4.40. The largest absolute Gasteiger partial charge is 0.358 e. The van der Waals surface area contributed by atoms with Crippen molar-refractivity contribution in [3.05, 3.63) is 121 Å². The van der Waals surface area contributed by atoms with Gasteiger partial charge >= 0.3 is 0 Å². The van der Waals surface area contributed by atoms with Gasteiger partial charge in [-0.25, -0.2) is 9.98 Å². The maximum atomic E-state index is 5.22. The van der Waals surface area contributed by atoms with E-state index in [2.05, 4.69) is 100 Å². The van der Waals surface area contributed by atoms with Gasteiger partial charge in [0.15, 0.2) is 0 Å². The topological polar surface area (TPSA) is 24.7 Å². The molecule has 0 spiro atoms. The third-order valence-electron chi connectivity index (χ3n) is 5.97. The molecule has 0 fully saturated rings. The Kier molecular flexibility index (Phi) is 8.20.